The molecule has 0 N–H and O–H groups in total. The molecule has 1 rings (SSSR count). The molecule has 0 saturated heterocycles. The largest absolute Gasteiger partial charge is 1.00 e. The van der Waals surface area contributed by atoms with Crippen LogP contribution in [0.1, 0.15) is 0 Å². The molecule has 1 unspecified atom stereocenters. The smallest absolute Gasteiger partial charge is 0.768 e. The minimum Gasteiger partial charge on any atom is -0.768 e. The predicted molar refractivity (Wildman–Crippen MR) is 38.6 cm³/mol. The molecular formula is C6H4ClNaO2S. The Balaban J connectivity index is 0.000001000. The van der Waals surface area contributed by atoms with Gasteiger partial charge >= 0.3 is 29.6 Å². The van der Waals surface area contributed by atoms with E-state index in [4.69, 9.17) is 11.6 Å². The van der Waals surface area contributed by atoms with Crippen molar-refractivity contribution in [3.05, 3.63) is 29.3 Å². The fraction of sp³-hybridized carbons (Fsp3) is 0. The van der Waals surface area contributed by atoms with Gasteiger partial charge in [-0.05, 0) is 23.2 Å². The van der Waals surface area contributed by atoms with Crippen molar-refractivity contribution in [1.82, 2.24) is 0 Å². The SMILES string of the molecule is O=S([O-])c1ccccc1Cl.[Na+]. The number of hydrogen-bond acceptors (Lipinski definition) is 2. The van der Waals surface area contributed by atoms with Crippen LogP contribution in [0.25, 0.3) is 0 Å². The second-order valence-electron chi connectivity index (χ2n) is 1.67. The molecule has 1 aromatic rings. The van der Waals surface area contributed by atoms with E-state index in [1.54, 1.807) is 12.1 Å². The summed E-state index contributed by atoms with van der Waals surface area (Å²) in [6.07, 6.45) is 0. The van der Waals surface area contributed by atoms with Crippen LogP contribution in [0.4, 0.5) is 0 Å². The molecule has 0 fully saturated rings. The molecule has 2 nitrogen and oxygen atoms in total. The molecule has 54 valence electrons. The molecule has 0 aliphatic carbocycles. The van der Waals surface area contributed by atoms with E-state index in [9.17, 15) is 8.76 Å². The molecule has 0 aliphatic rings. The molecule has 0 bridgehead atoms. The quantitative estimate of drug-likeness (QED) is 0.411. The van der Waals surface area contributed by atoms with Crippen LogP contribution in [0.5, 0.6) is 0 Å². The first-order valence-electron chi connectivity index (χ1n) is 2.55. The predicted octanol–water partition coefficient (Wildman–Crippen LogP) is -1.42. The molecule has 0 radical (unpaired) electrons. The van der Waals surface area contributed by atoms with Gasteiger partial charge in [-0.3, -0.25) is 4.21 Å². The summed E-state index contributed by atoms with van der Waals surface area (Å²) >= 11 is 3.30. The first kappa shape index (κ1) is 11.6. The average Bonchev–Trinajstić information content (AvgIpc) is 1.88. The van der Waals surface area contributed by atoms with E-state index in [-0.39, 0.29) is 39.5 Å². The Morgan fingerprint density at radius 1 is 1.36 bits per heavy atom. The first-order chi connectivity index (χ1) is 4.72. The summed E-state index contributed by atoms with van der Waals surface area (Å²) in [7, 11) is 0. The van der Waals surface area contributed by atoms with Gasteiger partial charge in [0.15, 0.2) is 0 Å². The van der Waals surface area contributed by atoms with Crippen LogP contribution in [0.3, 0.4) is 0 Å². The van der Waals surface area contributed by atoms with Crippen LogP contribution in [0, 0.1) is 0 Å². The maximum atomic E-state index is 10.3. The van der Waals surface area contributed by atoms with Crippen molar-refractivity contribution >= 4 is 22.7 Å². The minimum absolute atomic E-state index is 0. The molecule has 0 spiro atoms. The van der Waals surface area contributed by atoms with Crippen molar-refractivity contribution < 1.29 is 38.3 Å². The Bertz CT molecular complexity index is 267. The Morgan fingerprint density at radius 3 is 2.27 bits per heavy atom. The fourth-order valence-corrected chi connectivity index (χ4v) is 1.32. The number of halogens is 1. The van der Waals surface area contributed by atoms with Gasteiger partial charge in [-0.2, -0.15) is 0 Å². The molecule has 1 atom stereocenters. The third-order valence-electron chi connectivity index (χ3n) is 1.02. The topological polar surface area (TPSA) is 40.1 Å². The normalized spacial score (nSPS) is 11.8. The Hall–Kier alpha value is 0.620. The number of rotatable bonds is 1. The van der Waals surface area contributed by atoms with Gasteiger partial charge in [0.05, 0.1) is 5.02 Å². The molecule has 0 heterocycles. The summed E-state index contributed by atoms with van der Waals surface area (Å²) in [5, 5.41) is 0.260. The summed E-state index contributed by atoms with van der Waals surface area (Å²) in [4.78, 5) is 0.143. The average molecular weight is 199 g/mol. The summed E-state index contributed by atoms with van der Waals surface area (Å²) < 4.78 is 20.7. The minimum atomic E-state index is -2.22. The summed E-state index contributed by atoms with van der Waals surface area (Å²) in [5.74, 6) is 0. The van der Waals surface area contributed by atoms with Crippen molar-refractivity contribution in [2.45, 2.75) is 4.90 Å². The van der Waals surface area contributed by atoms with Crippen LogP contribution in [0.2, 0.25) is 5.02 Å². The third-order valence-corrected chi connectivity index (χ3v) is 2.17. The second-order valence-corrected chi connectivity index (χ2v) is 2.98. The van der Waals surface area contributed by atoms with E-state index in [1.165, 1.54) is 12.1 Å². The molecule has 0 saturated carbocycles. The van der Waals surface area contributed by atoms with Gasteiger partial charge in [0.2, 0.25) is 0 Å². The molecule has 5 heteroatoms. The van der Waals surface area contributed by atoms with Gasteiger partial charge in [-0.1, -0.05) is 23.7 Å². The standard InChI is InChI=1S/C6H5ClO2S.Na/c7-5-3-1-2-4-6(5)10(8)9;/h1-4H,(H,8,9);/q;+1/p-1. The summed E-state index contributed by atoms with van der Waals surface area (Å²) in [6, 6.07) is 6.29. The van der Waals surface area contributed by atoms with Gasteiger partial charge in [0, 0.05) is 4.90 Å². The van der Waals surface area contributed by atoms with E-state index in [0.717, 1.165) is 0 Å². The van der Waals surface area contributed by atoms with Gasteiger partial charge in [-0.15, -0.1) is 0 Å². The molecular weight excluding hydrogens is 195 g/mol. The molecule has 1 aromatic carbocycles. The molecule has 0 aliphatic heterocycles. The number of hydrogen-bond donors (Lipinski definition) is 0. The Morgan fingerprint density at radius 2 is 1.91 bits per heavy atom. The maximum Gasteiger partial charge on any atom is 1.00 e. The van der Waals surface area contributed by atoms with Crippen LogP contribution in [-0.2, 0) is 11.1 Å². The monoisotopic (exact) mass is 198 g/mol. The van der Waals surface area contributed by atoms with Gasteiger partial charge in [0.1, 0.15) is 0 Å². The fourth-order valence-electron chi connectivity index (χ4n) is 0.580. The zero-order chi connectivity index (χ0) is 7.56. The summed E-state index contributed by atoms with van der Waals surface area (Å²) in [6.45, 7) is 0. The van der Waals surface area contributed by atoms with E-state index in [2.05, 4.69) is 0 Å². The van der Waals surface area contributed by atoms with E-state index in [0.29, 0.717) is 0 Å². The van der Waals surface area contributed by atoms with Crippen LogP contribution >= 0.6 is 11.6 Å². The Labute approximate surface area is 94.5 Å². The second kappa shape index (κ2) is 5.30. The van der Waals surface area contributed by atoms with Gasteiger partial charge in [0.25, 0.3) is 0 Å². The van der Waals surface area contributed by atoms with Crippen LogP contribution in [-0.4, -0.2) is 8.76 Å². The van der Waals surface area contributed by atoms with Crippen molar-refractivity contribution in [1.29, 1.82) is 0 Å². The van der Waals surface area contributed by atoms with Crippen molar-refractivity contribution in [3.8, 4) is 0 Å². The van der Waals surface area contributed by atoms with Crippen LogP contribution in [0.15, 0.2) is 29.2 Å². The van der Waals surface area contributed by atoms with Gasteiger partial charge in [-0.25, -0.2) is 0 Å². The zero-order valence-corrected chi connectivity index (χ0v) is 9.48. The summed E-state index contributed by atoms with van der Waals surface area (Å²) in [5.41, 5.74) is 0. The molecule has 0 aromatic heterocycles. The van der Waals surface area contributed by atoms with E-state index in [1.807, 2.05) is 0 Å². The van der Waals surface area contributed by atoms with E-state index >= 15 is 0 Å². The zero-order valence-electron chi connectivity index (χ0n) is 5.91. The van der Waals surface area contributed by atoms with Crippen molar-refractivity contribution in [2.24, 2.45) is 0 Å². The van der Waals surface area contributed by atoms with Crippen LogP contribution < -0.4 is 29.6 Å². The van der Waals surface area contributed by atoms with Crippen molar-refractivity contribution in [3.63, 3.8) is 0 Å². The van der Waals surface area contributed by atoms with E-state index < -0.39 is 11.1 Å². The Kier molecular flexibility index (Phi) is 5.60. The maximum absolute atomic E-state index is 10.3. The number of benzene rings is 1. The first-order valence-corrected chi connectivity index (χ1v) is 4.01. The van der Waals surface area contributed by atoms with Crippen molar-refractivity contribution in [2.75, 3.05) is 0 Å². The molecule has 0 amide bonds. The third kappa shape index (κ3) is 3.23. The molecule has 11 heavy (non-hydrogen) atoms. The van der Waals surface area contributed by atoms with Gasteiger partial charge < -0.3 is 4.55 Å².